The molecule has 286 valence electrons. The molecule has 0 saturated carbocycles. The molecule has 10 aromatic carbocycles. The van der Waals surface area contributed by atoms with Crippen molar-refractivity contribution in [2.75, 3.05) is 4.90 Å². The summed E-state index contributed by atoms with van der Waals surface area (Å²) in [7, 11) is 0. The lowest BCUT2D eigenvalue weighted by Gasteiger charge is -2.26. The van der Waals surface area contributed by atoms with Crippen LogP contribution < -0.4 is 4.90 Å². The maximum Gasteiger partial charge on any atom is 0.0640 e. The van der Waals surface area contributed by atoms with Crippen LogP contribution in [0.4, 0.5) is 17.1 Å². The van der Waals surface area contributed by atoms with Crippen molar-refractivity contribution in [2.45, 2.75) is 0 Å². The minimum Gasteiger partial charge on any atom is -0.309 e. The van der Waals surface area contributed by atoms with Gasteiger partial charge in [0.15, 0.2) is 0 Å². The summed E-state index contributed by atoms with van der Waals surface area (Å²) in [6, 6.07) is 82.3. The van der Waals surface area contributed by atoms with E-state index in [0.29, 0.717) is 0 Å². The van der Waals surface area contributed by atoms with Crippen LogP contribution in [0.25, 0.3) is 95.6 Å². The Balaban J connectivity index is 0.993. The highest BCUT2D eigenvalue weighted by Crippen LogP contribution is 2.48. The lowest BCUT2D eigenvalue weighted by Crippen LogP contribution is -2.10. The average Bonchev–Trinajstić information content (AvgIpc) is 3.91. The van der Waals surface area contributed by atoms with Gasteiger partial charge in [-0.1, -0.05) is 182 Å². The van der Waals surface area contributed by atoms with E-state index in [9.17, 15) is 0 Å². The van der Waals surface area contributed by atoms with E-state index in [2.05, 4.69) is 229 Å². The van der Waals surface area contributed by atoms with Crippen molar-refractivity contribution in [3.8, 4) is 44.5 Å². The van der Waals surface area contributed by atoms with Crippen LogP contribution in [0.1, 0.15) is 0 Å². The molecule has 0 spiro atoms. The van der Waals surface area contributed by atoms with Gasteiger partial charge in [0.1, 0.15) is 0 Å². The summed E-state index contributed by atoms with van der Waals surface area (Å²) in [6.07, 6.45) is 0. The van der Waals surface area contributed by atoms with Gasteiger partial charge < -0.3 is 4.90 Å². The van der Waals surface area contributed by atoms with Crippen LogP contribution in [-0.2, 0) is 0 Å². The lowest BCUT2D eigenvalue weighted by molar-refractivity contribution is 1.30. The van der Waals surface area contributed by atoms with Crippen molar-refractivity contribution in [3.05, 3.63) is 224 Å². The summed E-state index contributed by atoms with van der Waals surface area (Å²) in [4.78, 5) is 2.44. The molecule has 1 nitrogen and oxygen atoms in total. The van der Waals surface area contributed by atoms with Gasteiger partial charge in [-0.25, -0.2) is 0 Å². The molecule has 61 heavy (non-hydrogen) atoms. The molecule has 2 aromatic heterocycles. The van der Waals surface area contributed by atoms with Gasteiger partial charge in [0.2, 0.25) is 0 Å². The van der Waals surface area contributed by atoms with Crippen molar-refractivity contribution in [2.24, 2.45) is 0 Å². The fraction of sp³-hybridized carbons (Fsp3) is 0. The minimum absolute atomic E-state index is 1.11. The number of hydrogen-bond acceptors (Lipinski definition) is 3. The van der Waals surface area contributed by atoms with Crippen LogP contribution in [0, 0.1) is 0 Å². The Kier molecular flexibility index (Phi) is 8.62. The first-order chi connectivity index (χ1) is 30.2. The van der Waals surface area contributed by atoms with Gasteiger partial charge in [0, 0.05) is 47.0 Å². The van der Waals surface area contributed by atoms with E-state index in [4.69, 9.17) is 0 Å². The molecule has 0 bridgehead atoms. The van der Waals surface area contributed by atoms with Crippen LogP contribution in [0.2, 0.25) is 0 Å². The summed E-state index contributed by atoms with van der Waals surface area (Å²) < 4.78 is 5.23. The van der Waals surface area contributed by atoms with Crippen LogP contribution in [0.5, 0.6) is 0 Å². The molecular weight excluding hydrogens is 775 g/mol. The summed E-state index contributed by atoms with van der Waals surface area (Å²) in [5, 5.41) is 7.72. The fourth-order valence-corrected chi connectivity index (χ4v) is 11.7. The lowest BCUT2D eigenvalue weighted by atomic mass is 9.92. The quantitative estimate of drug-likeness (QED) is 0.155. The van der Waals surface area contributed by atoms with E-state index >= 15 is 0 Å². The number of thiophene rings is 2. The van der Waals surface area contributed by atoms with E-state index < -0.39 is 0 Å². The maximum absolute atomic E-state index is 2.44. The molecule has 2 heterocycles. The zero-order chi connectivity index (χ0) is 40.3. The Labute approximate surface area is 362 Å². The molecule has 0 saturated heterocycles. The Hall–Kier alpha value is -7.30. The second-order valence-corrected chi connectivity index (χ2v) is 17.7. The van der Waals surface area contributed by atoms with Crippen molar-refractivity contribution in [1.29, 1.82) is 0 Å². The topological polar surface area (TPSA) is 3.24 Å². The van der Waals surface area contributed by atoms with Gasteiger partial charge in [0.25, 0.3) is 0 Å². The van der Waals surface area contributed by atoms with Gasteiger partial charge in [-0.05, 0) is 97.7 Å². The monoisotopic (exact) mass is 811 g/mol. The number of nitrogens with zero attached hydrogens (tertiary/aromatic N) is 1. The zero-order valence-corrected chi connectivity index (χ0v) is 34.8. The molecule has 0 amide bonds. The Bertz CT molecular complexity index is 3560. The van der Waals surface area contributed by atoms with Gasteiger partial charge in [0.05, 0.1) is 10.4 Å². The van der Waals surface area contributed by atoms with Gasteiger partial charge in [-0.2, -0.15) is 0 Å². The Morgan fingerprint density at radius 1 is 0.262 bits per heavy atom. The van der Waals surface area contributed by atoms with Gasteiger partial charge >= 0.3 is 0 Å². The SMILES string of the molecule is c1ccc(-c2ccc(-c3ccc(N(c4ccc(-c5ccc6c(c5)sc5ccccc56)cc4)c4cccc5c4sc4c(-c6ccccc6)cccc45)cc3)c3ccccc23)cc1. The second-order valence-electron chi connectivity index (χ2n) is 15.6. The van der Waals surface area contributed by atoms with Crippen molar-refractivity contribution in [3.63, 3.8) is 0 Å². The molecule has 0 atom stereocenters. The number of anilines is 3. The van der Waals surface area contributed by atoms with Crippen LogP contribution in [-0.4, -0.2) is 0 Å². The summed E-state index contributed by atoms with van der Waals surface area (Å²) in [5.41, 5.74) is 13.2. The van der Waals surface area contributed by atoms with Crippen molar-refractivity contribution in [1.82, 2.24) is 0 Å². The predicted molar refractivity (Wildman–Crippen MR) is 266 cm³/mol. The van der Waals surface area contributed by atoms with E-state index in [0.717, 1.165) is 11.4 Å². The molecule has 12 rings (SSSR count). The van der Waals surface area contributed by atoms with Crippen molar-refractivity contribution < 1.29 is 0 Å². The molecule has 12 aromatic rings. The van der Waals surface area contributed by atoms with E-state index in [-0.39, 0.29) is 0 Å². The number of benzene rings is 10. The summed E-state index contributed by atoms with van der Waals surface area (Å²) in [5.74, 6) is 0. The third-order valence-corrected chi connectivity index (χ3v) is 14.5. The normalized spacial score (nSPS) is 11.6. The Morgan fingerprint density at radius 2 is 0.754 bits per heavy atom. The first kappa shape index (κ1) is 35.6. The zero-order valence-electron chi connectivity index (χ0n) is 33.1. The summed E-state index contributed by atoms with van der Waals surface area (Å²) >= 11 is 3.76. The molecule has 0 aliphatic rings. The smallest absolute Gasteiger partial charge is 0.0640 e. The highest BCUT2D eigenvalue weighted by Gasteiger charge is 2.20. The third-order valence-electron chi connectivity index (χ3n) is 12.1. The van der Waals surface area contributed by atoms with E-state index in [1.54, 1.807) is 0 Å². The number of hydrogen-bond donors (Lipinski definition) is 0. The predicted octanol–water partition coefficient (Wildman–Crippen LogP) is 17.7. The van der Waals surface area contributed by atoms with Crippen LogP contribution in [0.15, 0.2) is 224 Å². The average molecular weight is 812 g/mol. The highest BCUT2D eigenvalue weighted by atomic mass is 32.1. The summed E-state index contributed by atoms with van der Waals surface area (Å²) in [6.45, 7) is 0. The maximum atomic E-state index is 2.44. The third kappa shape index (κ3) is 6.13. The highest BCUT2D eigenvalue weighted by molar-refractivity contribution is 7.27. The molecule has 0 N–H and O–H groups in total. The molecule has 3 heteroatoms. The fourth-order valence-electron chi connectivity index (χ4n) is 9.17. The van der Waals surface area contributed by atoms with E-state index in [1.165, 1.54) is 101 Å². The number of rotatable bonds is 7. The van der Waals surface area contributed by atoms with Crippen LogP contribution in [0.3, 0.4) is 0 Å². The first-order valence-corrected chi connectivity index (χ1v) is 22.4. The van der Waals surface area contributed by atoms with E-state index in [1.807, 2.05) is 22.7 Å². The van der Waals surface area contributed by atoms with Crippen molar-refractivity contribution >= 4 is 90.9 Å². The molecule has 0 aliphatic carbocycles. The molecule has 0 fully saturated rings. The van der Waals surface area contributed by atoms with Gasteiger partial charge in [-0.3, -0.25) is 0 Å². The number of fused-ring (bicyclic) bond motifs is 7. The molecule has 0 unspecified atom stereocenters. The van der Waals surface area contributed by atoms with Gasteiger partial charge in [-0.15, -0.1) is 22.7 Å². The Morgan fingerprint density at radius 3 is 1.43 bits per heavy atom. The second kappa shape index (κ2) is 14.8. The molecule has 0 radical (unpaired) electrons. The molecule has 0 aliphatic heterocycles. The first-order valence-electron chi connectivity index (χ1n) is 20.7. The largest absolute Gasteiger partial charge is 0.309 e. The molecular formula is C58H37NS2. The minimum atomic E-state index is 1.11. The standard InChI is InChI=1S/C58H37NS2/c1-3-13-39(14-4-1)45-35-36-46(49-18-8-7-17-48(45)49)41-27-32-44(33-28-41)59(43-30-25-38(26-31-43)42-29-34-51-50-19-9-10-24-55(50)60-56(51)37-42)54-23-12-22-53-52-21-11-20-47(57(52)61-58(53)54)40-15-5-2-6-16-40/h1-37H. The van der Waals surface area contributed by atoms with Crippen LogP contribution >= 0.6 is 22.7 Å².